The summed E-state index contributed by atoms with van der Waals surface area (Å²) < 4.78 is 45.4. The smallest absolute Gasteiger partial charge is 0.216 e. The standard InChI is InChI=1S/C23H19N2OS.C11H8N.Ir/c1-4-6-20-14(3)15-11-12-19(25-23(15)27-20)18-8-5-7-16-17-10-9-13(2)24-22(17)26-21(16)18;1-2-6-10(7-3-1)11-8-4-5-9-12-11;/h5,7,9-12H,4,6H2,1-3H3;1-6,8-9H;/q2*-1;/i2D3,6D2;;. The van der Waals surface area contributed by atoms with E-state index in [1.807, 2.05) is 74.5 Å². The van der Waals surface area contributed by atoms with Gasteiger partial charge in [-0.3, -0.25) is 4.98 Å². The zero-order chi connectivity index (χ0) is 31.1. The van der Waals surface area contributed by atoms with Crippen LogP contribution in [0.3, 0.4) is 0 Å². The molecule has 4 nitrogen and oxygen atoms in total. The predicted molar refractivity (Wildman–Crippen MR) is 161 cm³/mol. The van der Waals surface area contributed by atoms with E-state index in [2.05, 4.69) is 22.1 Å². The van der Waals surface area contributed by atoms with Crippen molar-refractivity contribution in [3.63, 3.8) is 0 Å². The fraction of sp³-hybridized carbons (Fsp3) is 0.147. The Balaban J connectivity index is 0.000000258. The van der Waals surface area contributed by atoms with Crippen molar-refractivity contribution >= 4 is 43.6 Å². The van der Waals surface area contributed by atoms with Crippen molar-refractivity contribution in [3.05, 3.63) is 113 Å². The van der Waals surface area contributed by atoms with Crippen molar-refractivity contribution in [2.45, 2.75) is 33.5 Å². The number of pyridine rings is 3. The molecule has 201 valence electrons. The molecule has 0 amide bonds. The Kier molecular flexibility index (Phi) is 6.73. The number of furan rings is 1. The summed E-state index contributed by atoms with van der Waals surface area (Å²) in [6.45, 7) is 1.46. The zero-order valence-corrected chi connectivity index (χ0v) is 25.0. The first-order valence-corrected chi connectivity index (χ1v) is 13.4. The van der Waals surface area contributed by atoms with Gasteiger partial charge in [-0.05, 0) is 55.3 Å². The Morgan fingerprint density at radius 3 is 2.55 bits per heavy atom. The Bertz CT molecular complexity index is 2060. The second kappa shape index (κ2) is 12.2. The maximum absolute atomic E-state index is 8.32. The van der Waals surface area contributed by atoms with Gasteiger partial charge in [-0.25, -0.2) is 4.98 Å². The van der Waals surface area contributed by atoms with E-state index in [4.69, 9.17) is 16.3 Å². The van der Waals surface area contributed by atoms with Crippen LogP contribution < -0.4 is 0 Å². The first-order valence-electron chi connectivity index (χ1n) is 15.1. The fourth-order valence-electron chi connectivity index (χ4n) is 4.45. The number of benzene rings is 2. The summed E-state index contributed by atoms with van der Waals surface area (Å²) in [5.41, 5.74) is 5.04. The average molecular weight is 723 g/mol. The summed E-state index contributed by atoms with van der Waals surface area (Å²) in [6, 6.07) is 30.7. The van der Waals surface area contributed by atoms with Gasteiger partial charge < -0.3 is 9.40 Å². The second-order valence-corrected chi connectivity index (χ2v) is 9.87. The molecule has 0 aliphatic carbocycles. The van der Waals surface area contributed by atoms with Gasteiger partial charge in [0.1, 0.15) is 4.83 Å². The molecule has 1 radical (unpaired) electrons. The first-order chi connectivity index (χ1) is 21.1. The van der Waals surface area contributed by atoms with E-state index in [0.717, 1.165) is 37.8 Å². The van der Waals surface area contributed by atoms with Crippen LogP contribution >= 0.6 is 11.3 Å². The van der Waals surface area contributed by atoms with Crippen LogP contribution in [0.1, 0.15) is 36.3 Å². The normalized spacial score (nSPS) is 13.4. The summed E-state index contributed by atoms with van der Waals surface area (Å²) in [4.78, 5) is 14.7. The van der Waals surface area contributed by atoms with E-state index in [1.54, 1.807) is 18.3 Å². The molecule has 0 unspecified atom stereocenters. The minimum atomic E-state index is -2.31. The number of hydrogen-bond acceptors (Lipinski definition) is 5. The molecule has 0 atom stereocenters. The van der Waals surface area contributed by atoms with Gasteiger partial charge in [-0.1, -0.05) is 48.6 Å². The monoisotopic (exact) mass is 723 g/mol. The van der Waals surface area contributed by atoms with Gasteiger partial charge in [0, 0.05) is 54.5 Å². The van der Waals surface area contributed by atoms with Crippen molar-refractivity contribution in [2.75, 3.05) is 0 Å². The van der Waals surface area contributed by atoms with E-state index < -0.39 is 13.2 Å². The maximum atomic E-state index is 8.32. The average Bonchev–Trinajstić information content (AvgIpc) is 3.59. The topological polar surface area (TPSA) is 51.8 Å². The number of hydrogen-bond donors (Lipinski definition) is 0. The van der Waals surface area contributed by atoms with E-state index in [1.165, 1.54) is 17.4 Å². The van der Waals surface area contributed by atoms with Gasteiger partial charge in [0.05, 0.1) is 5.58 Å². The van der Waals surface area contributed by atoms with Crippen molar-refractivity contribution in [1.82, 2.24) is 15.0 Å². The van der Waals surface area contributed by atoms with Gasteiger partial charge in [0.2, 0.25) is 5.71 Å². The number of aromatic nitrogens is 3. The van der Waals surface area contributed by atoms with E-state index in [9.17, 15) is 0 Å². The number of nitrogens with zero attached hydrogens (tertiary/aromatic N) is 3. The molecule has 0 saturated carbocycles. The Morgan fingerprint density at radius 2 is 1.77 bits per heavy atom. The van der Waals surface area contributed by atoms with Crippen LogP contribution in [0.4, 0.5) is 0 Å². The van der Waals surface area contributed by atoms with Crippen LogP contribution in [-0.4, -0.2) is 15.0 Å². The van der Waals surface area contributed by atoms with E-state index >= 15 is 0 Å². The number of fused-ring (bicyclic) bond motifs is 4. The van der Waals surface area contributed by atoms with Gasteiger partial charge in [-0.2, -0.15) is 0 Å². The third kappa shape index (κ3) is 5.48. The predicted octanol–water partition coefficient (Wildman–Crippen LogP) is 9.17. The molecular weight excluding hydrogens is 691 g/mol. The number of thiophene rings is 1. The largest absolute Gasteiger partial charge is 0.486 e. The third-order valence-corrected chi connectivity index (χ3v) is 7.50. The molecule has 40 heavy (non-hydrogen) atoms. The molecule has 6 heteroatoms. The molecule has 0 fully saturated rings. The molecule has 5 heterocycles. The van der Waals surface area contributed by atoms with Crippen LogP contribution in [0.2, 0.25) is 0 Å². The molecule has 0 spiro atoms. The summed E-state index contributed by atoms with van der Waals surface area (Å²) >= 11 is 1.37. The molecule has 0 N–H and O–H groups in total. The van der Waals surface area contributed by atoms with Crippen LogP contribution in [-0.2, 0) is 26.5 Å². The van der Waals surface area contributed by atoms with Gasteiger partial charge in [0.25, 0.3) is 0 Å². The first kappa shape index (κ1) is 22.0. The molecule has 7 rings (SSSR count). The van der Waals surface area contributed by atoms with Crippen molar-refractivity contribution in [1.29, 1.82) is 0 Å². The molecule has 0 aliphatic heterocycles. The third-order valence-electron chi connectivity index (χ3n) is 6.35. The van der Waals surface area contributed by atoms with E-state index in [0.29, 0.717) is 28.1 Å². The maximum Gasteiger partial charge on any atom is 0.216 e. The Morgan fingerprint density at radius 1 is 0.900 bits per heavy atom. The second-order valence-electron chi connectivity index (χ2n) is 8.87. The molecule has 2 aromatic carbocycles. The van der Waals surface area contributed by atoms with Gasteiger partial charge in [0.15, 0.2) is 0 Å². The minimum Gasteiger partial charge on any atom is -0.486 e. The van der Waals surface area contributed by atoms with Crippen LogP contribution in [0.5, 0.6) is 0 Å². The molecule has 0 aliphatic rings. The molecule has 0 saturated heterocycles. The van der Waals surface area contributed by atoms with Crippen LogP contribution in [0.15, 0.2) is 89.5 Å². The molecule has 7 aromatic rings. The van der Waals surface area contributed by atoms with Gasteiger partial charge in [-0.15, -0.1) is 65.4 Å². The van der Waals surface area contributed by atoms with E-state index in [-0.39, 0.29) is 31.5 Å². The quantitative estimate of drug-likeness (QED) is 0.170. The van der Waals surface area contributed by atoms with Crippen LogP contribution in [0.25, 0.3) is 54.8 Å². The Labute approximate surface area is 258 Å². The van der Waals surface area contributed by atoms with Crippen LogP contribution in [0, 0.1) is 25.9 Å². The summed E-state index contributed by atoms with van der Waals surface area (Å²) in [6.07, 6.45) is 0.785. The zero-order valence-electron chi connectivity index (χ0n) is 26.8. The molecule has 5 aromatic heterocycles. The van der Waals surface area contributed by atoms with Gasteiger partial charge >= 0.3 is 0 Å². The molecule has 0 bridgehead atoms. The Hall–Kier alpha value is -3.70. The SMILES string of the molecule is [2H]C([2H])([2H])c1ccc2c(n1)oc1c(-c3ccc4c(C)c(C([2H])([2H])CC)sc4n3)[c-]ccc12.[Ir].[c-]1ccccc1-c1ccccn1. The van der Waals surface area contributed by atoms with Crippen molar-refractivity contribution in [2.24, 2.45) is 0 Å². The number of aryl methyl sites for hydroxylation is 3. The van der Waals surface area contributed by atoms with Crippen molar-refractivity contribution < 1.29 is 31.4 Å². The minimum absolute atomic E-state index is 0. The summed E-state index contributed by atoms with van der Waals surface area (Å²) in [7, 11) is 0. The fourth-order valence-corrected chi connectivity index (χ4v) is 5.60. The molecular formula is C34H27IrN3OS-2. The summed E-state index contributed by atoms with van der Waals surface area (Å²) in [5.74, 6) is 0. The summed E-state index contributed by atoms with van der Waals surface area (Å²) in [5, 5.41) is 2.48. The van der Waals surface area contributed by atoms with Crippen molar-refractivity contribution in [3.8, 4) is 22.5 Å². The number of rotatable bonds is 4.